The lowest BCUT2D eigenvalue weighted by molar-refractivity contribution is -0.166. The van der Waals surface area contributed by atoms with Crippen LogP contribution in [0.25, 0.3) is 0 Å². The Kier molecular flexibility index (Phi) is 2.05. The van der Waals surface area contributed by atoms with Gasteiger partial charge in [0.25, 0.3) is 0 Å². The van der Waals surface area contributed by atoms with Gasteiger partial charge in [0.2, 0.25) is 5.91 Å². The molecule has 1 saturated heterocycles. The molecule has 0 bridgehead atoms. The molecule has 1 saturated carbocycles. The Bertz CT molecular complexity index is 193. The SMILES string of the molecule is CN1CO[C@H]2CCCC[C@@H]2C1=O. The lowest BCUT2D eigenvalue weighted by Crippen LogP contribution is -2.48. The molecule has 0 N–H and O–H groups in total. The molecular formula is C9H15NO2. The van der Waals surface area contributed by atoms with E-state index in [4.69, 9.17) is 4.74 Å². The van der Waals surface area contributed by atoms with E-state index in [0.29, 0.717) is 6.73 Å². The van der Waals surface area contributed by atoms with E-state index in [0.717, 1.165) is 12.8 Å². The van der Waals surface area contributed by atoms with Crippen LogP contribution in [0.3, 0.4) is 0 Å². The number of nitrogens with zero attached hydrogens (tertiary/aromatic N) is 1. The summed E-state index contributed by atoms with van der Waals surface area (Å²) in [5, 5.41) is 0. The summed E-state index contributed by atoms with van der Waals surface area (Å²) in [6, 6.07) is 0. The summed E-state index contributed by atoms with van der Waals surface area (Å²) in [7, 11) is 1.81. The van der Waals surface area contributed by atoms with Gasteiger partial charge in [-0.2, -0.15) is 0 Å². The Hall–Kier alpha value is -0.570. The van der Waals surface area contributed by atoms with Gasteiger partial charge in [-0.3, -0.25) is 4.79 Å². The largest absolute Gasteiger partial charge is 0.357 e. The number of fused-ring (bicyclic) bond motifs is 1. The van der Waals surface area contributed by atoms with E-state index < -0.39 is 0 Å². The third kappa shape index (κ3) is 1.22. The van der Waals surface area contributed by atoms with Gasteiger partial charge in [-0.25, -0.2) is 0 Å². The van der Waals surface area contributed by atoms with Crippen molar-refractivity contribution in [2.24, 2.45) is 5.92 Å². The lowest BCUT2D eigenvalue weighted by Gasteiger charge is -2.38. The Labute approximate surface area is 72.7 Å². The molecule has 0 aromatic rings. The van der Waals surface area contributed by atoms with Crippen molar-refractivity contribution in [3.05, 3.63) is 0 Å². The van der Waals surface area contributed by atoms with Crippen LogP contribution < -0.4 is 0 Å². The fourth-order valence-corrected chi connectivity index (χ4v) is 2.13. The van der Waals surface area contributed by atoms with E-state index >= 15 is 0 Å². The van der Waals surface area contributed by atoms with Crippen molar-refractivity contribution in [1.82, 2.24) is 4.90 Å². The summed E-state index contributed by atoms with van der Waals surface area (Å²) >= 11 is 0. The first-order valence-corrected chi connectivity index (χ1v) is 4.65. The third-order valence-corrected chi connectivity index (χ3v) is 2.88. The molecule has 0 radical (unpaired) electrons. The zero-order chi connectivity index (χ0) is 8.55. The van der Waals surface area contributed by atoms with E-state index in [-0.39, 0.29) is 17.9 Å². The number of carbonyl (C=O) groups is 1. The molecule has 1 aliphatic heterocycles. The van der Waals surface area contributed by atoms with Crippen molar-refractivity contribution in [2.45, 2.75) is 31.8 Å². The maximum absolute atomic E-state index is 11.6. The maximum atomic E-state index is 11.6. The molecule has 3 nitrogen and oxygen atoms in total. The average Bonchev–Trinajstić information content (AvgIpc) is 2.12. The van der Waals surface area contributed by atoms with Gasteiger partial charge < -0.3 is 9.64 Å². The monoisotopic (exact) mass is 169 g/mol. The molecule has 1 amide bonds. The van der Waals surface area contributed by atoms with E-state index in [9.17, 15) is 4.79 Å². The number of hydrogen-bond donors (Lipinski definition) is 0. The molecular weight excluding hydrogens is 154 g/mol. The predicted octanol–water partition coefficient (Wildman–Crippen LogP) is 0.991. The first-order valence-electron chi connectivity index (χ1n) is 4.65. The highest BCUT2D eigenvalue weighted by Crippen LogP contribution is 2.30. The summed E-state index contributed by atoms with van der Waals surface area (Å²) in [4.78, 5) is 13.3. The van der Waals surface area contributed by atoms with Crippen LogP contribution in [0, 0.1) is 5.92 Å². The van der Waals surface area contributed by atoms with Crippen molar-refractivity contribution >= 4 is 5.91 Å². The van der Waals surface area contributed by atoms with Crippen LogP contribution in [-0.4, -0.2) is 30.7 Å². The first-order chi connectivity index (χ1) is 5.79. The second-order valence-corrected chi connectivity index (χ2v) is 3.76. The minimum Gasteiger partial charge on any atom is -0.357 e. The highest BCUT2D eigenvalue weighted by molar-refractivity contribution is 5.79. The fraction of sp³-hybridized carbons (Fsp3) is 0.889. The topological polar surface area (TPSA) is 29.5 Å². The van der Waals surface area contributed by atoms with Crippen LogP contribution >= 0.6 is 0 Å². The molecule has 0 aromatic heterocycles. The summed E-state index contributed by atoms with van der Waals surface area (Å²) in [5.74, 6) is 0.448. The Morgan fingerprint density at radius 3 is 3.00 bits per heavy atom. The normalized spacial score (nSPS) is 36.4. The minimum atomic E-state index is 0.164. The van der Waals surface area contributed by atoms with Crippen LogP contribution in [0.1, 0.15) is 25.7 Å². The van der Waals surface area contributed by atoms with Crippen LogP contribution in [0.5, 0.6) is 0 Å². The third-order valence-electron chi connectivity index (χ3n) is 2.88. The minimum absolute atomic E-state index is 0.164. The highest BCUT2D eigenvalue weighted by Gasteiger charge is 2.37. The van der Waals surface area contributed by atoms with Gasteiger partial charge in [0.1, 0.15) is 6.73 Å². The number of carbonyl (C=O) groups excluding carboxylic acids is 1. The van der Waals surface area contributed by atoms with E-state index in [1.807, 2.05) is 7.05 Å². The molecule has 2 rings (SSSR count). The van der Waals surface area contributed by atoms with Crippen molar-refractivity contribution in [3.8, 4) is 0 Å². The molecule has 0 spiro atoms. The number of hydrogen-bond acceptors (Lipinski definition) is 2. The molecule has 0 aromatic carbocycles. The molecule has 3 heteroatoms. The Balaban J connectivity index is 2.08. The van der Waals surface area contributed by atoms with Crippen molar-refractivity contribution in [3.63, 3.8) is 0 Å². The predicted molar refractivity (Wildman–Crippen MR) is 44.5 cm³/mol. The van der Waals surface area contributed by atoms with Crippen molar-refractivity contribution in [2.75, 3.05) is 13.8 Å². The summed E-state index contributed by atoms with van der Waals surface area (Å²) in [5.41, 5.74) is 0. The van der Waals surface area contributed by atoms with Gasteiger partial charge in [0.05, 0.1) is 12.0 Å². The maximum Gasteiger partial charge on any atom is 0.229 e. The van der Waals surface area contributed by atoms with Crippen LogP contribution in [0.2, 0.25) is 0 Å². The molecule has 2 aliphatic rings. The number of amides is 1. The van der Waals surface area contributed by atoms with Crippen LogP contribution in [0.15, 0.2) is 0 Å². The van der Waals surface area contributed by atoms with Crippen LogP contribution in [-0.2, 0) is 9.53 Å². The molecule has 2 fully saturated rings. The van der Waals surface area contributed by atoms with Gasteiger partial charge in [-0.1, -0.05) is 12.8 Å². The Morgan fingerprint density at radius 2 is 2.17 bits per heavy atom. The van der Waals surface area contributed by atoms with Crippen molar-refractivity contribution < 1.29 is 9.53 Å². The van der Waals surface area contributed by atoms with E-state index in [1.165, 1.54) is 12.8 Å². The molecule has 0 unspecified atom stereocenters. The summed E-state index contributed by atoms with van der Waals surface area (Å²) in [6.45, 7) is 0.486. The zero-order valence-electron chi connectivity index (χ0n) is 7.45. The molecule has 2 atom stereocenters. The molecule has 1 aliphatic carbocycles. The van der Waals surface area contributed by atoms with Crippen LogP contribution in [0.4, 0.5) is 0 Å². The van der Waals surface area contributed by atoms with Gasteiger partial charge >= 0.3 is 0 Å². The first kappa shape index (κ1) is 8.05. The highest BCUT2D eigenvalue weighted by atomic mass is 16.5. The van der Waals surface area contributed by atoms with Crippen molar-refractivity contribution in [1.29, 1.82) is 0 Å². The average molecular weight is 169 g/mol. The number of rotatable bonds is 0. The lowest BCUT2D eigenvalue weighted by atomic mass is 9.85. The van der Waals surface area contributed by atoms with Gasteiger partial charge in [-0.05, 0) is 12.8 Å². The number of ether oxygens (including phenoxy) is 1. The van der Waals surface area contributed by atoms with Gasteiger partial charge in [0, 0.05) is 7.05 Å². The summed E-state index contributed by atoms with van der Waals surface area (Å²) in [6.07, 6.45) is 4.72. The van der Waals surface area contributed by atoms with E-state index in [1.54, 1.807) is 4.90 Å². The Morgan fingerprint density at radius 1 is 1.42 bits per heavy atom. The second kappa shape index (κ2) is 3.05. The smallest absolute Gasteiger partial charge is 0.229 e. The molecule has 68 valence electrons. The van der Waals surface area contributed by atoms with Gasteiger partial charge in [0.15, 0.2) is 0 Å². The van der Waals surface area contributed by atoms with Gasteiger partial charge in [-0.15, -0.1) is 0 Å². The zero-order valence-corrected chi connectivity index (χ0v) is 7.45. The molecule has 12 heavy (non-hydrogen) atoms. The fourth-order valence-electron chi connectivity index (χ4n) is 2.13. The van der Waals surface area contributed by atoms with E-state index in [2.05, 4.69) is 0 Å². The summed E-state index contributed by atoms with van der Waals surface area (Å²) < 4.78 is 5.57. The standard InChI is InChI=1S/C9H15NO2/c1-10-6-12-8-5-3-2-4-7(8)9(10)11/h7-8H,2-6H2,1H3/t7-,8-/m0/s1. The molecule has 1 heterocycles. The quantitative estimate of drug-likeness (QED) is 0.541. The second-order valence-electron chi connectivity index (χ2n) is 3.76.